The number of aromatic nitrogens is 2. The molecule has 1 aromatic rings. The van der Waals surface area contributed by atoms with Crippen LogP contribution in [0.15, 0.2) is 12.4 Å². The van der Waals surface area contributed by atoms with Crippen LogP contribution in [0, 0.1) is 0 Å². The van der Waals surface area contributed by atoms with Crippen molar-refractivity contribution in [2.24, 2.45) is 7.05 Å². The van der Waals surface area contributed by atoms with Gasteiger partial charge >= 0.3 is 0 Å². The fourth-order valence-electron chi connectivity index (χ4n) is 2.50. The molecule has 0 radical (unpaired) electrons. The zero-order valence-electron chi connectivity index (χ0n) is 11.4. The summed E-state index contributed by atoms with van der Waals surface area (Å²) in [4.78, 5) is 14.1. The first-order chi connectivity index (χ1) is 8.56. The number of likely N-dealkylation sites (N-methyl/N-ethyl adjacent to an activating group) is 1. The van der Waals surface area contributed by atoms with Crippen molar-refractivity contribution in [2.75, 3.05) is 7.05 Å². The first kappa shape index (κ1) is 13.1. The average Bonchev–Trinajstić information content (AvgIpc) is 2.73. The number of amides is 1. The topological polar surface area (TPSA) is 50.2 Å². The molecule has 2 atom stereocenters. The number of carbonyl (C=O) groups excluding carboxylic acids is 1. The molecule has 0 aliphatic carbocycles. The SMILES string of the molecule is CC1CCCC(C(=O)N(C)Cc2cnn(C)c2)N1. The number of rotatable bonds is 3. The Kier molecular flexibility index (Phi) is 4.01. The Hall–Kier alpha value is -1.36. The fourth-order valence-corrected chi connectivity index (χ4v) is 2.50. The summed E-state index contributed by atoms with van der Waals surface area (Å²) in [6.07, 6.45) is 6.99. The summed E-state index contributed by atoms with van der Waals surface area (Å²) in [7, 11) is 3.74. The third kappa shape index (κ3) is 3.10. The standard InChI is InChI=1S/C13H22N4O/c1-10-5-4-6-12(15-10)13(18)16(2)8-11-7-14-17(3)9-11/h7,9-10,12,15H,4-6,8H2,1-3H3. The van der Waals surface area contributed by atoms with Crippen molar-refractivity contribution in [3.05, 3.63) is 18.0 Å². The van der Waals surface area contributed by atoms with Gasteiger partial charge in [-0.15, -0.1) is 0 Å². The van der Waals surface area contributed by atoms with Crippen LogP contribution in [0.25, 0.3) is 0 Å². The maximum absolute atomic E-state index is 12.3. The molecule has 1 amide bonds. The summed E-state index contributed by atoms with van der Waals surface area (Å²) >= 11 is 0. The lowest BCUT2D eigenvalue weighted by molar-refractivity contribution is -0.133. The van der Waals surface area contributed by atoms with Crippen LogP contribution in [0.1, 0.15) is 31.7 Å². The Morgan fingerprint density at radius 2 is 2.39 bits per heavy atom. The van der Waals surface area contributed by atoms with Crippen molar-refractivity contribution >= 4 is 5.91 Å². The van der Waals surface area contributed by atoms with Crippen LogP contribution in [0.2, 0.25) is 0 Å². The van der Waals surface area contributed by atoms with Crippen LogP contribution < -0.4 is 5.32 Å². The third-order valence-electron chi connectivity index (χ3n) is 3.47. The smallest absolute Gasteiger partial charge is 0.239 e. The molecular weight excluding hydrogens is 228 g/mol. The maximum atomic E-state index is 12.3. The quantitative estimate of drug-likeness (QED) is 0.867. The first-order valence-electron chi connectivity index (χ1n) is 6.55. The predicted octanol–water partition coefficient (Wildman–Crippen LogP) is 0.909. The Balaban J connectivity index is 1.91. The molecule has 0 aromatic carbocycles. The van der Waals surface area contributed by atoms with Crippen LogP contribution in [0.5, 0.6) is 0 Å². The zero-order valence-corrected chi connectivity index (χ0v) is 11.4. The molecule has 18 heavy (non-hydrogen) atoms. The average molecular weight is 250 g/mol. The van der Waals surface area contributed by atoms with Gasteiger partial charge in [-0.2, -0.15) is 5.10 Å². The molecule has 5 heteroatoms. The summed E-state index contributed by atoms with van der Waals surface area (Å²) in [5.74, 6) is 0.186. The number of hydrogen-bond donors (Lipinski definition) is 1. The monoisotopic (exact) mass is 250 g/mol. The molecule has 0 spiro atoms. The van der Waals surface area contributed by atoms with Crippen LogP contribution in [-0.4, -0.2) is 39.7 Å². The fraction of sp³-hybridized carbons (Fsp3) is 0.692. The second-order valence-electron chi connectivity index (χ2n) is 5.27. The van der Waals surface area contributed by atoms with Crippen LogP contribution in [0.4, 0.5) is 0 Å². The molecular formula is C13H22N4O. The van der Waals surface area contributed by atoms with Crippen LogP contribution in [-0.2, 0) is 18.4 Å². The lowest BCUT2D eigenvalue weighted by Crippen LogP contribution is -2.50. The van der Waals surface area contributed by atoms with Gasteiger partial charge in [0.05, 0.1) is 12.2 Å². The van der Waals surface area contributed by atoms with Crippen LogP contribution in [0.3, 0.4) is 0 Å². The highest BCUT2D eigenvalue weighted by Gasteiger charge is 2.26. The highest BCUT2D eigenvalue weighted by Crippen LogP contribution is 2.14. The second-order valence-corrected chi connectivity index (χ2v) is 5.27. The molecule has 1 aliphatic heterocycles. The van der Waals surface area contributed by atoms with E-state index in [1.54, 1.807) is 15.8 Å². The van der Waals surface area contributed by atoms with Gasteiger partial charge in [0.25, 0.3) is 0 Å². The van der Waals surface area contributed by atoms with Crippen LogP contribution >= 0.6 is 0 Å². The highest BCUT2D eigenvalue weighted by molar-refractivity contribution is 5.81. The van der Waals surface area contributed by atoms with Gasteiger partial charge in [-0.05, 0) is 26.2 Å². The van der Waals surface area contributed by atoms with Gasteiger partial charge in [-0.25, -0.2) is 0 Å². The molecule has 1 fully saturated rings. The summed E-state index contributed by atoms with van der Waals surface area (Å²) in [5.41, 5.74) is 1.07. The minimum Gasteiger partial charge on any atom is -0.340 e. The third-order valence-corrected chi connectivity index (χ3v) is 3.47. The van der Waals surface area contributed by atoms with Crippen molar-refractivity contribution in [1.29, 1.82) is 0 Å². The number of carbonyl (C=O) groups is 1. The van der Waals surface area contributed by atoms with E-state index in [-0.39, 0.29) is 11.9 Å². The Labute approximate surface area is 108 Å². The van der Waals surface area contributed by atoms with Crippen molar-refractivity contribution < 1.29 is 4.79 Å². The van der Waals surface area contributed by atoms with E-state index in [4.69, 9.17) is 0 Å². The molecule has 1 aliphatic rings. The maximum Gasteiger partial charge on any atom is 0.239 e. The van der Waals surface area contributed by atoms with Gasteiger partial charge in [0.15, 0.2) is 0 Å². The van der Waals surface area contributed by atoms with E-state index in [0.717, 1.165) is 24.8 Å². The molecule has 2 rings (SSSR count). The Morgan fingerprint density at radius 1 is 1.61 bits per heavy atom. The largest absolute Gasteiger partial charge is 0.340 e. The molecule has 1 saturated heterocycles. The van der Waals surface area contributed by atoms with Crippen molar-refractivity contribution in [1.82, 2.24) is 20.0 Å². The Bertz CT molecular complexity index is 415. The van der Waals surface area contributed by atoms with Gasteiger partial charge in [0.2, 0.25) is 5.91 Å². The molecule has 2 unspecified atom stereocenters. The van der Waals surface area contributed by atoms with Gasteiger partial charge in [0, 0.05) is 38.4 Å². The molecule has 100 valence electrons. The molecule has 1 N–H and O–H groups in total. The zero-order chi connectivity index (χ0) is 13.1. The van der Waals surface area contributed by atoms with E-state index in [1.165, 1.54) is 0 Å². The van der Waals surface area contributed by atoms with E-state index >= 15 is 0 Å². The Morgan fingerprint density at radius 3 is 3.00 bits per heavy atom. The van der Waals surface area contributed by atoms with Crippen molar-refractivity contribution in [3.63, 3.8) is 0 Å². The summed E-state index contributed by atoms with van der Waals surface area (Å²) in [6, 6.07) is 0.426. The van der Waals surface area contributed by atoms with E-state index < -0.39 is 0 Å². The summed E-state index contributed by atoms with van der Waals surface area (Å²) in [6.45, 7) is 2.76. The summed E-state index contributed by atoms with van der Waals surface area (Å²) in [5, 5.41) is 7.49. The normalized spacial score (nSPS) is 23.9. The first-order valence-corrected chi connectivity index (χ1v) is 6.55. The molecule has 5 nitrogen and oxygen atoms in total. The predicted molar refractivity (Wildman–Crippen MR) is 69.9 cm³/mol. The van der Waals surface area contributed by atoms with Crippen molar-refractivity contribution in [2.45, 2.75) is 44.8 Å². The van der Waals surface area contributed by atoms with E-state index in [1.807, 2.05) is 20.3 Å². The molecule has 1 aromatic heterocycles. The number of aryl methyl sites for hydroxylation is 1. The van der Waals surface area contributed by atoms with Gasteiger partial charge in [-0.1, -0.05) is 0 Å². The van der Waals surface area contributed by atoms with E-state index in [2.05, 4.69) is 17.3 Å². The van der Waals surface area contributed by atoms with Gasteiger partial charge in [0.1, 0.15) is 0 Å². The molecule has 0 saturated carbocycles. The number of hydrogen-bond acceptors (Lipinski definition) is 3. The van der Waals surface area contributed by atoms with E-state index in [0.29, 0.717) is 12.6 Å². The highest BCUT2D eigenvalue weighted by atomic mass is 16.2. The number of nitrogens with zero attached hydrogens (tertiary/aromatic N) is 3. The number of nitrogens with one attached hydrogen (secondary N) is 1. The van der Waals surface area contributed by atoms with Gasteiger partial charge < -0.3 is 10.2 Å². The lowest BCUT2D eigenvalue weighted by atomic mass is 9.99. The summed E-state index contributed by atoms with van der Waals surface area (Å²) < 4.78 is 1.76. The lowest BCUT2D eigenvalue weighted by Gasteiger charge is -2.30. The van der Waals surface area contributed by atoms with Crippen molar-refractivity contribution in [3.8, 4) is 0 Å². The molecule has 0 bridgehead atoms. The minimum absolute atomic E-state index is 0.0181. The second kappa shape index (κ2) is 5.52. The van der Waals surface area contributed by atoms with Gasteiger partial charge in [-0.3, -0.25) is 9.48 Å². The number of piperidine rings is 1. The molecule has 2 heterocycles. The minimum atomic E-state index is -0.0181. The van der Waals surface area contributed by atoms with E-state index in [9.17, 15) is 4.79 Å².